The van der Waals surface area contributed by atoms with Gasteiger partial charge in [-0.2, -0.15) is 0 Å². The fourth-order valence-corrected chi connectivity index (χ4v) is 3.42. The molecule has 0 spiro atoms. The zero-order chi connectivity index (χ0) is 9.00. The van der Waals surface area contributed by atoms with Crippen LogP contribution < -0.4 is 0 Å². The Labute approximate surface area is 78.0 Å². The van der Waals surface area contributed by atoms with Gasteiger partial charge in [0.05, 0.1) is 13.0 Å². The first kappa shape index (κ1) is 7.60. The molecule has 13 heavy (non-hydrogen) atoms. The van der Waals surface area contributed by atoms with Crippen molar-refractivity contribution in [3.63, 3.8) is 0 Å². The Morgan fingerprint density at radius 3 is 2.15 bits per heavy atom. The van der Waals surface area contributed by atoms with Gasteiger partial charge in [0.15, 0.2) is 0 Å². The van der Waals surface area contributed by atoms with E-state index in [9.17, 15) is 4.79 Å². The van der Waals surface area contributed by atoms with E-state index in [1.165, 1.54) is 20.0 Å². The van der Waals surface area contributed by atoms with E-state index >= 15 is 0 Å². The molecule has 1 unspecified atom stereocenters. The number of esters is 1. The molecule has 0 N–H and O–H groups in total. The molecule has 2 nitrogen and oxygen atoms in total. The molecule has 2 fully saturated rings. The van der Waals surface area contributed by atoms with E-state index in [0.717, 1.165) is 0 Å². The van der Waals surface area contributed by atoms with Crippen molar-refractivity contribution < 1.29 is 9.53 Å². The second-order valence-corrected chi connectivity index (χ2v) is 4.49. The van der Waals surface area contributed by atoms with Gasteiger partial charge in [0, 0.05) is 0 Å². The third kappa shape index (κ3) is 0.862. The van der Waals surface area contributed by atoms with E-state index in [2.05, 4.69) is 12.2 Å². The van der Waals surface area contributed by atoms with Gasteiger partial charge in [-0.1, -0.05) is 12.2 Å². The normalized spacial score (nSPS) is 50.1. The highest BCUT2D eigenvalue weighted by Crippen LogP contribution is 2.64. The monoisotopic (exact) mass is 178 g/mol. The molecule has 0 aromatic carbocycles. The molecule has 0 heterocycles. The van der Waals surface area contributed by atoms with Crippen molar-refractivity contribution >= 4 is 5.97 Å². The van der Waals surface area contributed by atoms with Crippen LogP contribution in [0.4, 0.5) is 0 Å². The van der Waals surface area contributed by atoms with Gasteiger partial charge < -0.3 is 4.74 Å². The molecular formula is C11H14O2. The summed E-state index contributed by atoms with van der Waals surface area (Å²) < 4.78 is 4.82. The number of hydrogen-bond donors (Lipinski definition) is 0. The van der Waals surface area contributed by atoms with Gasteiger partial charge in [-0.15, -0.1) is 0 Å². The lowest BCUT2D eigenvalue weighted by molar-refractivity contribution is -0.142. The molecule has 0 saturated heterocycles. The molecule has 0 aromatic heterocycles. The topological polar surface area (TPSA) is 26.3 Å². The lowest BCUT2D eigenvalue weighted by Gasteiger charge is -2.28. The zero-order valence-electron chi connectivity index (χ0n) is 7.77. The third-order valence-corrected chi connectivity index (χ3v) is 4.03. The van der Waals surface area contributed by atoms with Gasteiger partial charge >= 0.3 is 5.97 Å². The lowest BCUT2D eigenvalue weighted by Crippen LogP contribution is -2.19. The summed E-state index contributed by atoms with van der Waals surface area (Å²) in [5.74, 6) is 2.89. The van der Waals surface area contributed by atoms with Crippen molar-refractivity contribution in [1.82, 2.24) is 0 Å². The first-order chi connectivity index (χ1) is 6.33. The Hall–Kier alpha value is -0.790. The first-order valence-electron chi connectivity index (χ1n) is 5.09. The largest absolute Gasteiger partial charge is 0.469 e. The molecule has 2 saturated carbocycles. The van der Waals surface area contributed by atoms with Gasteiger partial charge in [-0.05, 0) is 36.5 Å². The number of carbonyl (C=O) groups is 1. The van der Waals surface area contributed by atoms with Crippen LogP contribution in [0.1, 0.15) is 12.8 Å². The number of rotatable bonds is 1. The molecule has 0 radical (unpaired) electrons. The molecule has 4 aliphatic carbocycles. The molecule has 0 aromatic rings. The smallest absolute Gasteiger partial charge is 0.309 e. The summed E-state index contributed by atoms with van der Waals surface area (Å²) in [6.45, 7) is 0. The Morgan fingerprint density at radius 1 is 1.23 bits per heavy atom. The number of fused-ring (bicyclic) bond motifs is 1. The number of methoxy groups -OCH3 is 1. The minimum absolute atomic E-state index is 0.0237. The van der Waals surface area contributed by atoms with E-state index in [1.807, 2.05) is 0 Å². The van der Waals surface area contributed by atoms with Crippen LogP contribution in [0.3, 0.4) is 0 Å². The summed E-state index contributed by atoms with van der Waals surface area (Å²) >= 11 is 0. The maximum atomic E-state index is 11.4. The van der Waals surface area contributed by atoms with Crippen LogP contribution in [0, 0.1) is 29.6 Å². The number of allylic oxidation sites excluding steroid dienone is 2. The van der Waals surface area contributed by atoms with Crippen LogP contribution in [0.2, 0.25) is 0 Å². The lowest BCUT2D eigenvalue weighted by atomic mass is 9.76. The number of ether oxygens (including phenoxy) is 1. The fraction of sp³-hybridized carbons (Fsp3) is 0.727. The summed E-state index contributed by atoms with van der Waals surface area (Å²) in [5.41, 5.74) is 0. The zero-order valence-corrected chi connectivity index (χ0v) is 7.77. The second-order valence-electron chi connectivity index (χ2n) is 4.49. The van der Waals surface area contributed by atoms with Gasteiger partial charge in [0.1, 0.15) is 0 Å². The number of hydrogen-bond acceptors (Lipinski definition) is 2. The first-order valence-corrected chi connectivity index (χ1v) is 5.09. The fourth-order valence-electron chi connectivity index (χ4n) is 3.42. The van der Waals surface area contributed by atoms with Crippen molar-refractivity contribution in [2.24, 2.45) is 29.6 Å². The Morgan fingerprint density at radius 2 is 1.77 bits per heavy atom. The van der Waals surface area contributed by atoms with Crippen LogP contribution >= 0.6 is 0 Å². The molecule has 2 heteroatoms. The molecule has 4 rings (SSSR count). The maximum absolute atomic E-state index is 11.4. The van der Waals surface area contributed by atoms with E-state index in [1.54, 1.807) is 0 Å². The van der Waals surface area contributed by atoms with Gasteiger partial charge in [-0.25, -0.2) is 0 Å². The molecule has 70 valence electrons. The number of carbonyl (C=O) groups excluding carboxylic acids is 1. The van der Waals surface area contributed by atoms with Gasteiger partial charge in [0.2, 0.25) is 0 Å². The van der Waals surface area contributed by atoms with Crippen molar-refractivity contribution in [2.75, 3.05) is 7.11 Å². The Balaban J connectivity index is 1.84. The average molecular weight is 178 g/mol. The van der Waals surface area contributed by atoms with Crippen LogP contribution in [-0.4, -0.2) is 13.1 Å². The SMILES string of the molecule is COC(=O)C1[C@@H]2[C@H]1[C@@H]1C=C[C@H]2CC1. The quantitative estimate of drug-likeness (QED) is 0.450. The van der Waals surface area contributed by atoms with Crippen molar-refractivity contribution in [3.05, 3.63) is 12.2 Å². The minimum atomic E-state index is 0.0237. The van der Waals surface area contributed by atoms with E-state index in [-0.39, 0.29) is 11.9 Å². The highest BCUT2D eigenvalue weighted by atomic mass is 16.5. The van der Waals surface area contributed by atoms with Crippen molar-refractivity contribution in [2.45, 2.75) is 12.8 Å². The summed E-state index contributed by atoms with van der Waals surface area (Å²) in [6.07, 6.45) is 7.21. The van der Waals surface area contributed by atoms with Gasteiger partial charge in [-0.3, -0.25) is 4.79 Å². The highest BCUT2D eigenvalue weighted by Gasteiger charge is 2.63. The summed E-state index contributed by atoms with van der Waals surface area (Å²) in [7, 11) is 1.50. The Kier molecular flexibility index (Phi) is 1.38. The highest BCUT2D eigenvalue weighted by molar-refractivity contribution is 5.77. The summed E-state index contributed by atoms with van der Waals surface area (Å²) in [4.78, 5) is 11.4. The molecule has 2 bridgehead atoms. The van der Waals surface area contributed by atoms with Crippen molar-refractivity contribution in [1.29, 1.82) is 0 Å². The van der Waals surface area contributed by atoms with Crippen LogP contribution in [0.5, 0.6) is 0 Å². The molecule has 5 atom stereocenters. The predicted molar refractivity (Wildman–Crippen MR) is 47.8 cm³/mol. The van der Waals surface area contributed by atoms with E-state index in [0.29, 0.717) is 23.7 Å². The molecule has 0 aliphatic heterocycles. The maximum Gasteiger partial charge on any atom is 0.309 e. The van der Waals surface area contributed by atoms with Crippen molar-refractivity contribution in [3.8, 4) is 0 Å². The van der Waals surface area contributed by atoms with E-state index < -0.39 is 0 Å². The van der Waals surface area contributed by atoms with E-state index in [4.69, 9.17) is 4.74 Å². The van der Waals surface area contributed by atoms with Crippen LogP contribution in [0.15, 0.2) is 12.2 Å². The second kappa shape index (κ2) is 2.37. The predicted octanol–water partition coefficient (Wildman–Crippen LogP) is 1.62. The standard InChI is InChI=1S/C11H14O2/c1-13-11(12)10-8-6-2-3-7(5-4-6)9(8)10/h2-3,6-10H,4-5H2,1H3/t6-,7+,8-,9+,10?. The van der Waals surface area contributed by atoms with Crippen LogP contribution in [0.25, 0.3) is 0 Å². The molecule has 4 aliphatic rings. The average Bonchev–Trinajstić information content (AvgIpc) is 2.95. The Bertz CT molecular complexity index is 262. The molecule has 0 amide bonds. The minimum Gasteiger partial charge on any atom is -0.469 e. The summed E-state index contributed by atoms with van der Waals surface area (Å²) in [5, 5.41) is 0. The van der Waals surface area contributed by atoms with Gasteiger partial charge in [0.25, 0.3) is 0 Å². The third-order valence-electron chi connectivity index (χ3n) is 4.03. The summed E-state index contributed by atoms with van der Waals surface area (Å²) in [6, 6.07) is 0. The molecular weight excluding hydrogens is 164 g/mol. The van der Waals surface area contributed by atoms with Crippen LogP contribution in [-0.2, 0) is 9.53 Å².